The van der Waals surface area contributed by atoms with Gasteiger partial charge >= 0.3 is 0 Å². The summed E-state index contributed by atoms with van der Waals surface area (Å²) in [6.07, 6.45) is 3.03. The highest BCUT2D eigenvalue weighted by Gasteiger charge is 2.29. The van der Waals surface area contributed by atoms with Crippen LogP contribution in [0.5, 0.6) is 0 Å². The van der Waals surface area contributed by atoms with Gasteiger partial charge in [-0.05, 0) is 44.7 Å². The lowest BCUT2D eigenvalue weighted by atomic mass is 9.90. The summed E-state index contributed by atoms with van der Waals surface area (Å²) in [5, 5.41) is 17.7. The van der Waals surface area contributed by atoms with Crippen molar-refractivity contribution in [3.05, 3.63) is 39.3 Å². The number of aryl methyl sites for hydroxylation is 1. The maximum Gasteiger partial charge on any atom is 0.264 e. The zero-order chi connectivity index (χ0) is 20.7. The molecule has 4 N–H and O–H groups in total. The van der Waals surface area contributed by atoms with Crippen molar-refractivity contribution >= 4 is 39.3 Å². The smallest absolute Gasteiger partial charge is 0.264 e. The first-order chi connectivity index (χ1) is 13.9. The molecule has 1 fully saturated rings. The van der Waals surface area contributed by atoms with Crippen LogP contribution in [-0.4, -0.2) is 39.4 Å². The van der Waals surface area contributed by atoms with Gasteiger partial charge < -0.3 is 25.2 Å². The summed E-state index contributed by atoms with van der Waals surface area (Å²) in [6, 6.07) is 4.24. The average molecular weight is 419 g/mol. The lowest BCUT2D eigenvalue weighted by Crippen LogP contribution is -2.48. The van der Waals surface area contributed by atoms with Crippen LogP contribution in [0.25, 0.3) is 21.8 Å². The van der Waals surface area contributed by atoms with Crippen LogP contribution in [-0.2, 0) is 4.79 Å². The molecule has 0 spiro atoms. The molecule has 0 aliphatic heterocycles. The van der Waals surface area contributed by atoms with Crippen molar-refractivity contribution in [3.63, 3.8) is 0 Å². The van der Waals surface area contributed by atoms with Crippen LogP contribution in [0.4, 0.5) is 0 Å². The molecule has 4 rings (SSSR count). The molecular weight excluding hydrogens is 396 g/mol. The van der Waals surface area contributed by atoms with Crippen LogP contribution in [0.3, 0.4) is 0 Å². The molecule has 0 bridgehead atoms. The lowest BCUT2D eigenvalue weighted by Gasteiger charge is -2.32. The van der Waals surface area contributed by atoms with Crippen LogP contribution >= 0.6 is 11.6 Å². The largest absolute Gasteiger partial charge is 0.394 e. The van der Waals surface area contributed by atoms with Gasteiger partial charge in [0.05, 0.1) is 17.1 Å². The maximum atomic E-state index is 13.4. The second kappa shape index (κ2) is 7.78. The summed E-state index contributed by atoms with van der Waals surface area (Å²) in [5.74, 6) is 0.0684. The number of aliphatic hydroxyl groups is 1. The summed E-state index contributed by atoms with van der Waals surface area (Å²) in [6.45, 7) is 1.30. The number of aromatic nitrogens is 2. The standard InChI is InChI=1S/C20H23ClN4O4/c1-10-16-18(24-29-10)17-13(21)6-3-7-15(17)25(20(16)28)12-5-2-4-11(8-12)23-19(27)14(22)9-26/h3,6-7,11-12,14,26H,2,4-5,8-9,22H2,1H3,(H,23,27). The Balaban J connectivity index is 1.79. The predicted octanol–water partition coefficient (Wildman–Crippen LogP) is 2.02. The Kier molecular flexibility index (Phi) is 5.33. The number of hydrogen-bond acceptors (Lipinski definition) is 6. The van der Waals surface area contributed by atoms with Crippen molar-refractivity contribution < 1.29 is 14.4 Å². The maximum absolute atomic E-state index is 13.4. The highest BCUT2D eigenvalue weighted by molar-refractivity contribution is 6.37. The number of fused-ring (bicyclic) bond motifs is 3. The minimum atomic E-state index is -0.950. The number of rotatable bonds is 4. The molecule has 1 aliphatic rings. The Morgan fingerprint density at radius 1 is 1.45 bits per heavy atom. The van der Waals surface area contributed by atoms with Gasteiger partial charge in [-0.25, -0.2) is 0 Å². The summed E-state index contributed by atoms with van der Waals surface area (Å²) >= 11 is 6.47. The van der Waals surface area contributed by atoms with Crippen molar-refractivity contribution in [2.75, 3.05) is 6.61 Å². The molecule has 1 amide bonds. The number of amides is 1. The summed E-state index contributed by atoms with van der Waals surface area (Å²) in [7, 11) is 0. The highest BCUT2D eigenvalue weighted by Crippen LogP contribution is 2.35. The molecule has 29 heavy (non-hydrogen) atoms. The third-order valence-electron chi connectivity index (χ3n) is 5.67. The van der Waals surface area contributed by atoms with Crippen molar-refractivity contribution in [1.82, 2.24) is 15.0 Å². The monoisotopic (exact) mass is 418 g/mol. The van der Waals surface area contributed by atoms with E-state index in [1.54, 1.807) is 17.6 Å². The Morgan fingerprint density at radius 2 is 2.24 bits per heavy atom. The van der Waals surface area contributed by atoms with Crippen LogP contribution in [0, 0.1) is 6.92 Å². The zero-order valence-electron chi connectivity index (χ0n) is 16.0. The van der Waals surface area contributed by atoms with Crippen LogP contribution in [0.2, 0.25) is 5.02 Å². The first-order valence-corrected chi connectivity index (χ1v) is 10.1. The molecule has 1 aromatic carbocycles. The van der Waals surface area contributed by atoms with E-state index in [9.17, 15) is 9.59 Å². The molecule has 0 saturated heterocycles. The quantitative estimate of drug-likeness (QED) is 0.595. The van der Waals surface area contributed by atoms with Crippen molar-refractivity contribution in [2.45, 2.75) is 50.7 Å². The molecular formula is C20H23ClN4O4. The second-order valence-corrected chi connectivity index (χ2v) is 7.99. The van der Waals surface area contributed by atoms with E-state index in [1.165, 1.54) is 0 Å². The number of hydrogen-bond donors (Lipinski definition) is 3. The molecule has 2 aromatic heterocycles. The van der Waals surface area contributed by atoms with E-state index in [1.807, 2.05) is 12.1 Å². The van der Waals surface area contributed by atoms with E-state index in [0.717, 1.165) is 19.3 Å². The summed E-state index contributed by atoms with van der Waals surface area (Å²) in [4.78, 5) is 25.5. The first kappa shape index (κ1) is 19.9. The SMILES string of the molecule is Cc1onc2c1c(=O)n(C1CCCC(NC(=O)C(N)CO)C1)c1cccc(Cl)c21. The van der Waals surface area contributed by atoms with Crippen LogP contribution in [0.15, 0.2) is 27.5 Å². The van der Waals surface area contributed by atoms with E-state index in [-0.39, 0.29) is 23.6 Å². The van der Waals surface area contributed by atoms with Gasteiger partial charge in [0.25, 0.3) is 5.56 Å². The van der Waals surface area contributed by atoms with Gasteiger partial charge in [-0.2, -0.15) is 0 Å². The van der Waals surface area contributed by atoms with Gasteiger partial charge in [0, 0.05) is 17.5 Å². The summed E-state index contributed by atoms with van der Waals surface area (Å²) in [5.41, 5.74) is 6.62. The summed E-state index contributed by atoms with van der Waals surface area (Å²) < 4.78 is 7.06. The third kappa shape index (κ3) is 3.41. The number of nitrogens with one attached hydrogen (secondary N) is 1. The molecule has 3 atom stereocenters. The highest BCUT2D eigenvalue weighted by atomic mass is 35.5. The fourth-order valence-electron chi connectivity index (χ4n) is 4.26. The normalized spacial score (nSPS) is 20.8. The van der Waals surface area contributed by atoms with E-state index in [4.69, 9.17) is 27.0 Å². The first-order valence-electron chi connectivity index (χ1n) is 9.68. The third-order valence-corrected chi connectivity index (χ3v) is 5.99. The molecule has 9 heteroatoms. The topological polar surface area (TPSA) is 123 Å². The minimum absolute atomic E-state index is 0.119. The molecule has 3 unspecified atom stereocenters. The van der Waals surface area contributed by atoms with Gasteiger partial charge in [-0.15, -0.1) is 0 Å². The van der Waals surface area contributed by atoms with E-state index < -0.39 is 12.6 Å². The molecule has 1 saturated carbocycles. The van der Waals surface area contributed by atoms with Gasteiger partial charge in [-0.3, -0.25) is 9.59 Å². The molecule has 2 heterocycles. The van der Waals surface area contributed by atoms with E-state index in [0.29, 0.717) is 39.0 Å². The number of halogens is 1. The zero-order valence-corrected chi connectivity index (χ0v) is 16.8. The van der Waals surface area contributed by atoms with Gasteiger partial charge in [-0.1, -0.05) is 22.8 Å². The van der Waals surface area contributed by atoms with Crippen LogP contribution < -0.4 is 16.6 Å². The molecule has 154 valence electrons. The molecule has 3 aromatic rings. The Bertz CT molecular complexity index is 1140. The number of benzene rings is 1. The van der Waals surface area contributed by atoms with Gasteiger partial charge in [0.15, 0.2) is 0 Å². The second-order valence-electron chi connectivity index (χ2n) is 7.59. The Morgan fingerprint density at radius 3 is 3.00 bits per heavy atom. The Hall–Kier alpha value is -2.42. The van der Waals surface area contributed by atoms with Gasteiger partial charge in [0.2, 0.25) is 5.91 Å². The Labute approximate surface area is 171 Å². The minimum Gasteiger partial charge on any atom is -0.394 e. The number of nitrogens with two attached hydrogens (primary N) is 1. The van der Waals surface area contributed by atoms with Crippen molar-refractivity contribution in [1.29, 1.82) is 0 Å². The predicted molar refractivity (Wildman–Crippen MR) is 110 cm³/mol. The van der Waals surface area contributed by atoms with Crippen molar-refractivity contribution in [2.24, 2.45) is 5.73 Å². The van der Waals surface area contributed by atoms with Crippen molar-refractivity contribution in [3.8, 4) is 0 Å². The lowest BCUT2D eigenvalue weighted by molar-refractivity contribution is -0.124. The molecule has 1 aliphatic carbocycles. The average Bonchev–Trinajstić information content (AvgIpc) is 3.09. The number of carbonyl (C=O) groups excluding carboxylic acids is 1. The van der Waals surface area contributed by atoms with E-state index >= 15 is 0 Å². The van der Waals surface area contributed by atoms with Crippen LogP contribution in [0.1, 0.15) is 37.5 Å². The fourth-order valence-corrected chi connectivity index (χ4v) is 4.51. The fraction of sp³-hybridized carbons (Fsp3) is 0.450. The number of aliphatic hydroxyl groups excluding tert-OH is 1. The number of carbonyl (C=O) groups is 1. The number of pyridine rings is 1. The van der Waals surface area contributed by atoms with E-state index in [2.05, 4.69) is 10.5 Å². The number of nitrogens with zero attached hydrogens (tertiary/aromatic N) is 2. The molecule has 0 radical (unpaired) electrons. The van der Waals surface area contributed by atoms with Gasteiger partial charge in [0.1, 0.15) is 22.7 Å². The molecule has 8 nitrogen and oxygen atoms in total.